The third-order valence-electron chi connectivity index (χ3n) is 6.79. The van der Waals surface area contributed by atoms with Crippen LogP contribution >= 0.6 is 11.6 Å². The van der Waals surface area contributed by atoms with E-state index in [-0.39, 0.29) is 17.3 Å². The predicted octanol–water partition coefficient (Wildman–Crippen LogP) is 5.58. The van der Waals surface area contributed by atoms with Crippen LogP contribution in [-0.4, -0.2) is 51.4 Å². The van der Waals surface area contributed by atoms with Crippen molar-refractivity contribution in [1.29, 1.82) is 0 Å². The van der Waals surface area contributed by atoms with Crippen molar-refractivity contribution >= 4 is 39.1 Å². The van der Waals surface area contributed by atoms with E-state index >= 15 is 0 Å². The Hall–Kier alpha value is -3.56. The summed E-state index contributed by atoms with van der Waals surface area (Å²) in [5, 5.41) is 3.33. The first-order chi connectivity index (χ1) is 19.6. The number of unbranched alkanes of at least 4 members (excludes halogenated alkanes) is 1. The van der Waals surface area contributed by atoms with Crippen LogP contribution in [0.5, 0.6) is 5.75 Å². The molecular weight excluding hydrogens is 562 g/mol. The fraction of sp³-hybridized carbons (Fsp3) is 0.355. The van der Waals surface area contributed by atoms with Crippen LogP contribution in [0, 0.1) is 6.92 Å². The molecule has 0 aliphatic carbocycles. The van der Waals surface area contributed by atoms with Crippen molar-refractivity contribution in [1.82, 2.24) is 10.2 Å². The molecule has 1 atom stereocenters. The van der Waals surface area contributed by atoms with Gasteiger partial charge in [0.2, 0.25) is 11.8 Å². The molecule has 0 bridgehead atoms. The summed E-state index contributed by atoms with van der Waals surface area (Å²) in [6, 6.07) is 19.2. The maximum absolute atomic E-state index is 14.1. The van der Waals surface area contributed by atoms with Gasteiger partial charge in [0.05, 0.1) is 17.7 Å². The van der Waals surface area contributed by atoms with Crippen LogP contribution in [0.3, 0.4) is 0 Å². The lowest BCUT2D eigenvalue weighted by molar-refractivity contribution is -0.140. The highest BCUT2D eigenvalue weighted by molar-refractivity contribution is 7.92. The molecule has 0 spiro atoms. The third kappa shape index (κ3) is 8.24. The Morgan fingerprint density at radius 3 is 2.22 bits per heavy atom. The lowest BCUT2D eigenvalue weighted by Crippen LogP contribution is -2.52. The number of benzene rings is 3. The summed E-state index contributed by atoms with van der Waals surface area (Å²) in [7, 11) is -2.59. The SMILES string of the molecule is CCCCNC(=O)[C@H](CC)N(Cc1ccc(OC)cc1)C(=O)CN(c1ccccc1C)S(=O)(=O)c1ccc(Cl)cc1. The summed E-state index contributed by atoms with van der Waals surface area (Å²) in [5.41, 5.74) is 1.84. The molecule has 0 fully saturated rings. The first kappa shape index (κ1) is 32.0. The van der Waals surface area contributed by atoms with Gasteiger partial charge in [-0.1, -0.05) is 62.2 Å². The Morgan fingerprint density at radius 2 is 1.63 bits per heavy atom. The van der Waals surface area contributed by atoms with E-state index in [2.05, 4.69) is 5.32 Å². The van der Waals surface area contributed by atoms with Crippen LogP contribution in [0.25, 0.3) is 0 Å². The number of rotatable bonds is 14. The molecule has 8 nitrogen and oxygen atoms in total. The second-order valence-electron chi connectivity index (χ2n) is 9.69. The Morgan fingerprint density at radius 1 is 0.976 bits per heavy atom. The number of carbonyl (C=O) groups is 2. The van der Waals surface area contributed by atoms with Crippen molar-refractivity contribution < 1.29 is 22.7 Å². The zero-order chi connectivity index (χ0) is 30.0. The molecule has 0 aromatic heterocycles. The van der Waals surface area contributed by atoms with E-state index in [1.54, 1.807) is 50.4 Å². The number of halogens is 1. The Kier molecular flexibility index (Phi) is 11.6. The lowest BCUT2D eigenvalue weighted by Gasteiger charge is -2.33. The molecule has 3 rings (SSSR count). The Labute approximate surface area is 248 Å². The second kappa shape index (κ2) is 14.9. The summed E-state index contributed by atoms with van der Waals surface area (Å²) in [4.78, 5) is 28.9. The van der Waals surface area contributed by atoms with Crippen LogP contribution in [0.2, 0.25) is 5.02 Å². The minimum absolute atomic E-state index is 0.00371. The Balaban J connectivity index is 2.04. The topological polar surface area (TPSA) is 96.0 Å². The van der Waals surface area contributed by atoms with Gasteiger partial charge in [-0.05, 0) is 73.4 Å². The van der Waals surface area contributed by atoms with Gasteiger partial charge in [0.25, 0.3) is 10.0 Å². The molecule has 3 aromatic carbocycles. The number of methoxy groups -OCH3 is 1. The molecular formula is C31H38ClN3O5S. The molecule has 41 heavy (non-hydrogen) atoms. The number of sulfonamides is 1. The third-order valence-corrected chi connectivity index (χ3v) is 8.82. The molecule has 3 aromatic rings. The summed E-state index contributed by atoms with van der Waals surface area (Å²) < 4.78 is 34.3. The first-order valence-electron chi connectivity index (χ1n) is 13.7. The molecule has 0 saturated carbocycles. The number of para-hydroxylation sites is 1. The summed E-state index contributed by atoms with van der Waals surface area (Å²) >= 11 is 6.02. The zero-order valence-electron chi connectivity index (χ0n) is 24.0. The molecule has 0 unspecified atom stereocenters. The average Bonchev–Trinajstić information content (AvgIpc) is 2.96. The van der Waals surface area contributed by atoms with Gasteiger partial charge >= 0.3 is 0 Å². The molecule has 220 valence electrons. The van der Waals surface area contributed by atoms with Crippen molar-refractivity contribution in [2.45, 2.75) is 57.5 Å². The first-order valence-corrected chi connectivity index (χ1v) is 15.5. The largest absolute Gasteiger partial charge is 0.497 e. The number of nitrogens with zero attached hydrogens (tertiary/aromatic N) is 2. The summed E-state index contributed by atoms with van der Waals surface area (Å²) in [5.74, 6) is -0.110. The summed E-state index contributed by atoms with van der Waals surface area (Å²) in [6.45, 7) is 5.77. The van der Waals surface area contributed by atoms with Gasteiger partial charge in [0, 0.05) is 18.1 Å². The van der Waals surface area contributed by atoms with Gasteiger partial charge in [0.15, 0.2) is 0 Å². The maximum Gasteiger partial charge on any atom is 0.264 e. The number of nitrogens with one attached hydrogen (secondary N) is 1. The van der Waals surface area contributed by atoms with Crippen molar-refractivity contribution in [2.24, 2.45) is 0 Å². The summed E-state index contributed by atoms with van der Waals surface area (Å²) in [6.07, 6.45) is 2.09. The van der Waals surface area contributed by atoms with Gasteiger partial charge in [-0.25, -0.2) is 8.42 Å². The number of anilines is 1. The van der Waals surface area contributed by atoms with Gasteiger partial charge in [-0.3, -0.25) is 13.9 Å². The molecule has 0 saturated heterocycles. The van der Waals surface area contributed by atoms with Crippen LogP contribution < -0.4 is 14.4 Å². The number of aryl methyl sites for hydroxylation is 1. The highest BCUT2D eigenvalue weighted by atomic mass is 35.5. The number of carbonyl (C=O) groups excluding carboxylic acids is 2. The molecule has 0 radical (unpaired) electrons. The zero-order valence-corrected chi connectivity index (χ0v) is 25.5. The van der Waals surface area contributed by atoms with Crippen molar-refractivity contribution in [3.63, 3.8) is 0 Å². The van der Waals surface area contributed by atoms with E-state index < -0.39 is 28.5 Å². The minimum atomic E-state index is -4.16. The molecule has 0 aliphatic heterocycles. The fourth-order valence-electron chi connectivity index (χ4n) is 4.44. The molecule has 0 aliphatic rings. The van der Waals surface area contributed by atoms with Crippen LogP contribution in [0.1, 0.15) is 44.2 Å². The van der Waals surface area contributed by atoms with E-state index in [1.807, 2.05) is 26.0 Å². The van der Waals surface area contributed by atoms with Crippen LogP contribution in [-0.2, 0) is 26.2 Å². The predicted molar refractivity (Wildman–Crippen MR) is 163 cm³/mol. The smallest absolute Gasteiger partial charge is 0.264 e. The quantitative estimate of drug-likeness (QED) is 0.244. The average molecular weight is 600 g/mol. The van der Waals surface area contributed by atoms with Crippen molar-refractivity contribution in [3.05, 3.63) is 88.9 Å². The van der Waals surface area contributed by atoms with Crippen molar-refractivity contribution in [3.8, 4) is 5.75 Å². The molecule has 0 heterocycles. The van der Waals surface area contributed by atoms with E-state index in [1.165, 1.54) is 29.2 Å². The van der Waals surface area contributed by atoms with Crippen LogP contribution in [0.15, 0.2) is 77.7 Å². The van der Waals surface area contributed by atoms with E-state index in [9.17, 15) is 18.0 Å². The molecule has 10 heteroatoms. The number of amides is 2. The highest BCUT2D eigenvalue weighted by Crippen LogP contribution is 2.28. The number of ether oxygens (including phenoxy) is 1. The second-order valence-corrected chi connectivity index (χ2v) is 12.0. The van der Waals surface area contributed by atoms with Crippen molar-refractivity contribution in [2.75, 3.05) is 24.5 Å². The maximum atomic E-state index is 14.1. The number of hydrogen-bond acceptors (Lipinski definition) is 5. The fourth-order valence-corrected chi connectivity index (χ4v) is 6.05. The highest BCUT2D eigenvalue weighted by Gasteiger charge is 2.34. The van der Waals surface area contributed by atoms with E-state index in [0.29, 0.717) is 35.0 Å². The standard InChI is InChI=1S/C31H38ClN3O5S/c1-5-7-20-33-31(37)28(6-2)34(21-24-12-16-26(40-4)17-13-24)30(36)22-35(29-11-9-8-10-23(29)3)41(38,39)27-18-14-25(32)15-19-27/h8-19,28H,5-7,20-22H2,1-4H3,(H,33,37)/t28-/m0/s1. The Bertz CT molecular complexity index is 1410. The molecule has 1 N–H and O–H groups in total. The van der Waals surface area contributed by atoms with Gasteiger partial charge < -0.3 is 15.0 Å². The normalized spacial score (nSPS) is 11.9. The minimum Gasteiger partial charge on any atom is -0.497 e. The van der Waals surface area contributed by atoms with Crippen LogP contribution in [0.4, 0.5) is 5.69 Å². The molecule has 2 amide bonds. The van der Waals surface area contributed by atoms with Gasteiger partial charge in [0.1, 0.15) is 18.3 Å². The lowest BCUT2D eigenvalue weighted by atomic mass is 10.1. The van der Waals surface area contributed by atoms with E-state index in [0.717, 1.165) is 22.7 Å². The number of hydrogen-bond donors (Lipinski definition) is 1. The van der Waals surface area contributed by atoms with Gasteiger partial charge in [-0.15, -0.1) is 0 Å². The van der Waals surface area contributed by atoms with E-state index in [4.69, 9.17) is 16.3 Å². The van der Waals surface area contributed by atoms with Gasteiger partial charge in [-0.2, -0.15) is 0 Å². The monoisotopic (exact) mass is 599 g/mol.